The Kier molecular flexibility index (Phi) is 2.78. The van der Waals surface area contributed by atoms with E-state index in [0.29, 0.717) is 16.9 Å². The van der Waals surface area contributed by atoms with Gasteiger partial charge in [0, 0.05) is 5.56 Å². The van der Waals surface area contributed by atoms with Gasteiger partial charge in [0.25, 0.3) is 0 Å². The lowest BCUT2D eigenvalue weighted by Gasteiger charge is -2.05. The van der Waals surface area contributed by atoms with Gasteiger partial charge in [-0.2, -0.15) is 13.2 Å². The van der Waals surface area contributed by atoms with E-state index in [1.54, 1.807) is 0 Å². The molecule has 2 aromatic carbocycles. The van der Waals surface area contributed by atoms with Crippen molar-refractivity contribution in [1.29, 1.82) is 0 Å². The molecule has 0 bridgehead atoms. The first kappa shape index (κ1) is 12.7. The number of aromatic amines is 1. The second-order valence-electron chi connectivity index (χ2n) is 4.63. The molecule has 3 rings (SSSR count). The monoisotopic (exact) mass is 276 g/mol. The van der Waals surface area contributed by atoms with E-state index in [9.17, 15) is 13.2 Å². The Hall–Kier alpha value is -2.30. The second kappa shape index (κ2) is 4.37. The summed E-state index contributed by atoms with van der Waals surface area (Å²) in [4.78, 5) is 7.30. The molecule has 3 aromatic rings. The summed E-state index contributed by atoms with van der Waals surface area (Å²) in [7, 11) is 0. The van der Waals surface area contributed by atoms with Gasteiger partial charge in [-0.1, -0.05) is 24.3 Å². The van der Waals surface area contributed by atoms with Gasteiger partial charge in [0.05, 0.1) is 16.6 Å². The van der Waals surface area contributed by atoms with Gasteiger partial charge in [0.15, 0.2) is 0 Å². The molecule has 1 aromatic heterocycles. The second-order valence-corrected chi connectivity index (χ2v) is 4.63. The number of aryl methyl sites for hydroxylation is 1. The Morgan fingerprint density at radius 2 is 1.80 bits per heavy atom. The van der Waals surface area contributed by atoms with Gasteiger partial charge in [-0.05, 0) is 30.7 Å². The number of fused-ring (bicyclic) bond motifs is 1. The fraction of sp³-hybridized carbons (Fsp3) is 0.133. The highest BCUT2D eigenvalue weighted by Crippen LogP contribution is 2.32. The maximum atomic E-state index is 12.7. The number of imidazole rings is 1. The van der Waals surface area contributed by atoms with Gasteiger partial charge in [-0.15, -0.1) is 0 Å². The predicted molar refractivity (Wildman–Crippen MR) is 71.3 cm³/mol. The first-order valence-electron chi connectivity index (χ1n) is 6.08. The molecule has 0 atom stereocenters. The van der Waals surface area contributed by atoms with Crippen LogP contribution >= 0.6 is 0 Å². The number of alkyl halides is 3. The highest BCUT2D eigenvalue weighted by Gasteiger charge is 2.30. The van der Waals surface area contributed by atoms with Crippen molar-refractivity contribution in [2.75, 3.05) is 0 Å². The zero-order valence-electron chi connectivity index (χ0n) is 10.6. The number of halogens is 3. The number of nitrogens with zero attached hydrogens (tertiary/aromatic N) is 1. The molecule has 0 aliphatic carbocycles. The molecule has 0 spiro atoms. The largest absolute Gasteiger partial charge is 0.416 e. The summed E-state index contributed by atoms with van der Waals surface area (Å²) in [5, 5.41) is 0. The summed E-state index contributed by atoms with van der Waals surface area (Å²) in [6, 6.07) is 11.1. The number of hydrogen-bond acceptors (Lipinski definition) is 1. The van der Waals surface area contributed by atoms with Crippen LogP contribution in [-0.4, -0.2) is 9.97 Å². The van der Waals surface area contributed by atoms with Crippen LogP contribution in [-0.2, 0) is 6.18 Å². The van der Waals surface area contributed by atoms with E-state index < -0.39 is 11.7 Å². The van der Waals surface area contributed by atoms with Crippen molar-refractivity contribution < 1.29 is 13.2 Å². The van der Waals surface area contributed by atoms with Crippen molar-refractivity contribution in [2.45, 2.75) is 13.1 Å². The summed E-state index contributed by atoms with van der Waals surface area (Å²) in [5.41, 5.74) is 2.14. The van der Waals surface area contributed by atoms with E-state index in [0.717, 1.165) is 23.3 Å². The van der Waals surface area contributed by atoms with Gasteiger partial charge in [0.1, 0.15) is 5.82 Å². The molecule has 0 amide bonds. The Morgan fingerprint density at radius 1 is 1.05 bits per heavy atom. The summed E-state index contributed by atoms with van der Waals surface area (Å²) in [6.45, 7) is 1.93. The molecule has 2 nitrogen and oxygen atoms in total. The fourth-order valence-electron chi connectivity index (χ4n) is 2.15. The fourth-order valence-corrected chi connectivity index (χ4v) is 2.15. The predicted octanol–water partition coefficient (Wildman–Crippen LogP) is 4.56. The van der Waals surface area contributed by atoms with Crippen LogP contribution in [0.2, 0.25) is 0 Å². The molecule has 1 heterocycles. The van der Waals surface area contributed by atoms with Crippen LogP contribution in [0.1, 0.15) is 11.1 Å². The number of hydrogen-bond donors (Lipinski definition) is 1. The van der Waals surface area contributed by atoms with Crippen LogP contribution in [0.15, 0.2) is 42.5 Å². The van der Waals surface area contributed by atoms with Crippen LogP contribution in [0.4, 0.5) is 13.2 Å². The average Bonchev–Trinajstić information content (AvgIpc) is 2.80. The minimum atomic E-state index is -4.35. The highest BCUT2D eigenvalue weighted by atomic mass is 19.4. The topological polar surface area (TPSA) is 28.7 Å². The minimum absolute atomic E-state index is 0.387. The van der Waals surface area contributed by atoms with Crippen molar-refractivity contribution in [2.24, 2.45) is 0 Å². The molecule has 0 saturated carbocycles. The maximum absolute atomic E-state index is 12.7. The van der Waals surface area contributed by atoms with Gasteiger partial charge in [-0.25, -0.2) is 4.98 Å². The standard InChI is InChI=1S/C15H11F3N2/c1-9-4-2-3-5-11(9)14-19-12-7-6-10(15(16,17)18)8-13(12)20-14/h2-8H,1H3,(H,19,20). The highest BCUT2D eigenvalue weighted by molar-refractivity contribution is 5.80. The van der Waals surface area contributed by atoms with Crippen LogP contribution in [0.5, 0.6) is 0 Å². The lowest BCUT2D eigenvalue weighted by molar-refractivity contribution is -0.137. The number of nitrogens with one attached hydrogen (secondary N) is 1. The maximum Gasteiger partial charge on any atom is 0.416 e. The SMILES string of the molecule is Cc1ccccc1-c1nc2ccc(C(F)(F)F)cc2[nH]1. The molecule has 0 aliphatic rings. The van der Waals surface area contributed by atoms with E-state index >= 15 is 0 Å². The van der Waals surface area contributed by atoms with Gasteiger partial charge in [-0.3, -0.25) is 0 Å². The third-order valence-corrected chi connectivity index (χ3v) is 3.21. The molecule has 0 aliphatic heterocycles. The normalized spacial score (nSPS) is 12.0. The van der Waals surface area contributed by atoms with E-state index in [1.165, 1.54) is 6.07 Å². The van der Waals surface area contributed by atoms with E-state index in [-0.39, 0.29) is 0 Å². The van der Waals surface area contributed by atoms with Crippen LogP contribution in [0.25, 0.3) is 22.4 Å². The van der Waals surface area contributed by atoms with Crippen molar-refractivity contribution in [1.82, 2.24) is 9.97 Å². The van der Waals surface area contributed by atoms with E-state index in [1.807, 2.05) is 31.2 Å². The average molecular weight is 276 g/mol. The Morgan fingerprint density at radius 3 is 2.50 bits per heavy atom. The first-order chi connectivity index (χ1) is 9.45. The number of H-pyrrole nitrogens is 1. The zero-order valence-corrected chi connectivity index (χ0v) is 10.6. The molecular weight excluding hydrogens is 265 g/mol. The smallest absolute Gasteiger partial charge is 0.338 e. The molecule has 0 saturated heterocycles. The van der Waals surface area contributed by atoms with E-state index in [4.69, 9.17) is 0 Å². The van der Waals surface area contributed by atoms with Crippen molar-refractivity contribution in [3.05, 3.63) is 53.6 Å². The van der Waals surface area contributed by atoms with Crippen molar-refractivity contribution in [3.8, 4) is 11.4 Å². The van der Waals surface area contributed by atoms with Gasteiger partial charge >= 0.3 is 6.18 Å². The number of rotatable bonds is 1. The molecule has 0 fully saturated rings. The summed E-state index contributed by atoms with van der Waals surface area (Å²) < 4.78 is 38.0. The third kappa shape index (κ3) is 2.15. The summed E-state index contributed by atoms with van der Waals surface area (Å²) >= 11 is 0. The van der Waals surface area contributed by atoms with Gasteiger partial charge in [0.2, 0.25) is 0 Å². The molecule has 5 heteroatoms. The molecule has 1 N–H and O–H groups in total. The van der Waals surface area contributed by atoms with Crippen LogP contribution in [0, 0.1) is 6.92 Å². The molecule has 0 unspecified atom stereocenters. The van der Waals surface area contributed by atoms with Crippen molar-refractivity contribution in [3.63, 3.8) is 0 Å². The summed E-state index contributed by atoms with van der Waals surface area (Å²) in [5.74, 6) is 0.581. The van der Waals surface area contributed by atoms with Crippen molar-refractivity contribution >= 4 is 11.0 Å². The number of aromatic nitrogens is 2. The molecule has 102 valence electrons. The molecular formula is C15H11F3N2. The van der Waals surface area contributed by atoms with Crippen LogP contribution in [0.3, 0.4) is 0 Å². The third-order valence-electron chi connectivity index (χ3n) is 3.21. The van der Waals surface area contributed by atoms with Gasteiger partial charge < -0.3 is 4.98 Å². The molecule has 0 radical (unpaired) electrons. The molecule has 20 heavy (non-hydrogen) atoms. The Balaban J connectivity index is 2.14. The number of benzene rings is 2. The summed E-state index contributed by atoms with van der Waals surface area (Å²) in [6.07, 6.45) is -4.35. The first-order valence-corrected chi connectivity index (χ1v) is 6.08. The Labute approximate surface area is 113 Å². The zero-order chi connectivity index (χ0) is 14.3. The van der Waals surface area contributed by atoms with Crippen LogP contribution < -0.4 is 0 Å². The Bertz CT molecular complexity index is 772. The lowest BCUT2D eigenvalue weighted by atomic mass is 10.1. The lowest BCUT2D eigenvalue weighted by Crippen LogP contribution is -2.04. The van der Waals surface area contributed by atoms with E-state index in [2.05, 4.69) is 9.97 Å². The minimum Gasteiger partial charge on any atom is -0.338 e. The quantitative estimate of drug-likeness (QED) is 0.693.